The fourth-order valence-corrected chi connectivity index (χ4v) is 2.96. The van der Waals surface area contributed by atoms with Gasteiger partial charge in [0.2, 0.25) is 0 Å². The molecule has 1 aliphatic rings. The highest BCUT2D eigenvalue weighted by molar-refractivity contribution is 9.10. The van der Waals surface area contributed by atoms with Gasteiger partial charge in [0.05, 0.1) is 6.10 Å². The second kappa shape index (κ2) is 8.20. The largest absolute Gasteiger partial charge is 0.490 e. The summed E-state index contributed by atoms with van der Waals surface area (Å²) in [6.45, 7) is -0.0258. The summed E-state index contributed by atoms with van der Waals surface area (Å²) in [4.78, 5) is 11.9. The van der Waals surface area contributed by atoms with E-state index in [0.29, 0.717) is 11.9 Å². The van der Waals surface area contributed by atoms with Gasteiger partial charge in [-0.3, -0.25) is 4.79 Å². The van der Waals surface area contributed by atoms with Crippen LogP contribution in [0.15, 0.2) is 53.0 Å². The Morgan fingerprint density at radius 3 is 2.29 bits per heavy atom. The van der Waals surface area contributed by atoms with E-state index < -0.39 is 0 Å². The normalized spacial score (nSPS) is 14.4. The highest BCUT2D eigenvalue weighted by Gasteiger charge is 2.16. The van der Waals surface area contributed by atoms with Gasteiger partial charge >= 0.3 is 0 Å². The molecule has 0 atom stereocenters. The molecule has 0 spiro atoms. The summed E-state index contributed by atoms with van der Waals surface area (Å²) in [6, 6.07) is 14.8. The highest BCUT2D eigenvalue weighted by atomic mass is 79.9. The van der Waals surface area contributed by atoms with Gasteiger partial charge in [-0.1, -0.05) is 15.9 Å². The third-order valence-corrected chi connectivity index (χ3v) is 4.46. The zero-order valence-corrected chi connectivity index (χ0v) is 14.9. The molecule has 0 aromatic heterocycles. The summed E-state index contributed by atoms with van der Waals surface area (Å²) in [7, 11) is 0. The Kier molecular flexibility index (Phi) is 5.75. The third-order valence-electron chi connectivity index (χ3n) is 3.93. The van der Waals surface area contributed by atoms with Gasteiger partial charge in [-0.05, 0) is 74.2 Å². The van der Waals surface area contributed by atoms with Crippen LogP contribution in [-0.2, 0) is 4.79 Å². The number of ether oxygens (including phenoxy) is 2. The molecule has 1 aliphatic carbocycles. The van der Waals surface area contributed by atoms with E-state index in [4.69, 9.17) is 9.47 Å². The number of carbonyl (C=O) groups excluding carboxylic acids is 1. The van der Waals surface area contributed by atoms with Crippen molar-refractivity contribution in [1.82, 2.24) is 0 Å². The second-order valence-electron chi connectivity index (χ2n) is 5.84. The first-order valence-electron chi connectivity index (χ1n) is 8.14. The molecule has 1 saturated carbocycles. The second-order valence-corrected chi connectivity index (χ2v) is 6.76. The van der Waals surface area contributed by atoms with Crippen molar-refractivity contribution in [1.29, 1.82) is 0 Å². The molecule has 3 rings (SSSR count). The summed E-state index contributed by atoms with van der Waals surface area (Å²) < 4.78 is 12.3. The molecule has 2 aromatic carbocycles. The third kappa shape index (κ3) is 4.99. The summed E-state index contributed by atoms with van der Waals surface area (Å²) in [6.07, 6.45) is 5.09. The van der Waals surface area contributed by atoms with Gasteiger partial charge in [-0.15, -0.1) is 0 Å². The van der Waals surface area contributed by atoms with Crippen molar-refractivity contribution in [3.63, 3.8) is 0 Å². The van der Waals surface area contributed by atoms with Crippen molar-refractivity contribution in [2.24, 2.45) is 0 Å². The first-order chi connectivity index (χ1) is 11.7. The van der Waals surface area contributed by atoms with Crippen LogP contribution in [0.4, 0.5) is 5.69 Å². The van der Waals surface area contributed by atoms with Gasteiger partial charge in [0.1, 0.15) is 11.5 Å². The van der Waals surface area contributed by atoms with Crippen molar-refractivity contribution in [3.05, 3.63) is 53.0 Å². The fraction of sp³-hybridized carbons (Fsp3) is 0.316. The van der Waals surface area contributed by atoms with Crippen LogP contribution in [0.5, 0.6) is 11.5 Å². The minimum absolute atomic E-state index is 0.0258. The quantitative estimate of drug-likeness (QED) is 0.772. The highest BCUT2D eigenvalue weighted by Crippen LogP contribution is 2.25. The fourth-order valence-electron chi connectivity index (χ4n) is 2.69. The van der Waals surface area contributed by atoms with E-state index in [-0.39, 0.29) is 12.5 Å². The molecule has 0 bridgehead atoms. The van der Waals surface area contributed by atoms with Crippen LogP contribution in [0.2, 0.25) is 0 Å². The monoisotopic (exact) mass is 389 g/mol. The molecular formula is C19H20BrNO3. The van der Waals surface area contributed by atoms with E-state index >= 15 is 0 Å². The molecule has 4 nitrogen and oxygen atoms in total. The van der Waals surface area contributed by atoms with Gasteiger partial charge in [-0.25, -0.2) is 0 Å². The summed E-state index contributed by atoms with van der Waals surface area (Å²) in [5.74, 6) is 1.32. The molecule has 0 radical (unpaired) electrons. The van der Waals surface area contributed by atoms with Crippen LogP contribution >= 0.6 is 15.9 Å². The van der Waals surface area contributed by atoms with E-state index in [2.05, 4.69) is 21.2 Å². The minimum atomic E-state index is -0.192. The van der Waals surface area contributed by atoms with Gasteiger partial charge in [0.15, 0.2) is 6.61 Å². The molecule has 1 fully saturated rings. The number of hydrogen-bond acceptors (Lipinski definition) is 3. The number of amides is 1. The van der Waals surface area contributed by atoms with Gasteiger partial charge in [0.25, 0.3) is 5.91 Å². The molecule has 0 heterocycles. The van der Waals surface area contributed by atoms with E-state index in [0.717, 1.165) is 28.8 Å². The average molecular weight is 390 g/mol. The maximum absolute atomic E-state index is 11.9. The molecule has 2 aromatic rings. The maximum Gasteiger partial charge on any atom is 0.262 e. The molecule has 1 N–H and O–H groups in total. The number of nitrogens with one attached hydrogen (secondary N) is 1. The van der Waals surface area contributed by atoms with E-state index in [1.54, 1.807) is 0 Å². The van der Waals surface area contributed by atoms with E-state index in [1.807, 2.05) is 48.5 Å². The average Bonchev–Trinajstić information content (AvgIpc) is 3.09. The SMILES string of the molecule is O=C(COc1ccc(Br)cc1)Nc1ccc(OC2CCCC2)cc1. The summed E-state index contributed by atoms with van der Waals surface area (Å²) in [5.41, 5.74) is 0.734. The van der Waals surface area contributed by atoms with E-state index in [1.165, 1.54) is 12.8 Å². The molecule has 1 amide bonds. The van der Waals surface area contributed by atoms with Crippen LogP contribution in [-0.4, -0.2) is 18.6 Å². The number of halogens is 1. The molecular weight excluding hydrogens is 370 g/mol. The Morgan fingerprint density at radius 1 is 1.00 bits per heavy atom. The first kappa shape index (κ1) is 16.8. The molecule has 0 aliphatic heterocycles. The van der Waals surface area contributed by atoms with Crippen molar-refractivity contribution >= 4 is 27.5 Å². The van der Waals surface area contributed by atoms with Crippen LogP contribution in [0.25, 0.3) is 0 Å². The van der Waals surface area contributed by atoms with Crippen molar-refractivity contribution in [2.75, 3.05) is 11.9 Å². The Balaban J connectivity index is 1.46. The molecule has 0 saturated heterocycles. The Bertz CT molecular complexity index is 664. The number of anilines is 1. The van der Waals surface area contributed by atoms with Gasteiger partial charge in [0, 0.05) is 10.2 Å². The van der Waals surface area contributed by atoms with E-state index in [9.17, 15) is 4.79 Å². The van der Waals surface area contributed by atoms with Crippen molar-refractivity contribution in [3.8, 4) is 11.5 Å². The van der Waals surface area contributed by atoms with Crippen LogP contribution in [0, 0.1) is 0 Å². The standard InChI is InChI=1S/C19H20BrNO3/c20-14-5-9-16(10-6-14)23-13-19(22)21-15-7-11-18(12-8-15)24-17-3-1-2-4-17/h5-12,17H,1-4,13H2,(H,21,22). The summed E-state index contributed by atoms with van der Waals surface area (Å²) in [5, 5.41) is 2.82. The Labute approximate surface area is 150 Å². The molecule has 126 valence electrons. The molecule has 5 heteroatoms. The van der Waals surface area contributed by atoms with Crippen LogP contribution in [0.3, 0.4) is 0 Å². The lowest BCUT2D eigenvalue weighted by Crippen LogP contribution is -2.20. The smallest absolute Gasteiger partial charge is 0.262 e. The molecule has 24 heavy (non-hydrogen) atoms. The van der Waals surface area contributed by atoms with Crippen LogP contribution < -0.4 is 14.8 Å². The van der Waals surface area contributed by atoms with Crippen LogP contribution in [0.1, 0.15) is 25.7 Å². The minimum Gasteiger partial charge on any atom is -0.490 e. The molecule has 0 unspecified atom stereocenters. The number of rotatable bonds is 6. The lowest BCUT2D eigenvalue weighted by molar-refractivity contribution is -0.118. The van der Waals surface area contributed by atoms with Crippen molar-refractivity contribution < 1.29 is 14.3 Å². The zero-order chi connectivity index (χ0) is 16.8. The number of hydrogen-bond donors (Lipinski definition) is 1. The first-order valence-corrected chi connectivity index (χ1v) is 8.93. The summed E-state index contributed by atoms with van der Waals surface area (Å²) >= 11 is 3.36. The lowest BCUT2D eigenvalue weighted by atomic mass is 10.2. The maximum atomic E-state index is 11.9. The number of benzene rings is 2. The Morgan fingerprint density at radius 2 is 1.62 bits per heavy atom. The Hall–Kier alpha value is -2.01. The lowest BCUT2D eigenvalue weighted by Gasteiger charge is -2.13. The predicted octanol–water partition coefficient (Wildman–Crippen LogP) is 4.79. The zero-order valence-electron chi connectivity index (χ0n) is 13.3. The predicted molar refractivity (Wildman–Crippen MR) is 97.6 cm³/mol. The van der Waals surface area contributed by atoms with Gasteiger partial charge in [-0.2, -0.15) is 0 Å². The topological polar surface area (TPSA) is 47.6 Å². The number of carbonyl (C=O) groups is 1. The van der Waals surface area contributed by atoms with Crippen molar-refractivity contribution in [2.45, 2.75) is 31.8 Å². The van der Waals surface area contributed by atoms with Gasteiger partial charge < -0.3 is 14.8 Å².